The Balaban J connectivity index is 2.04. The molecule has 0 bridgehead atoms. The fraction of sp³-hybridized carbons (Fsp3) is 0.200. The van der Waals surface area contributed by atoms with E-state index in [9.17, 15) is 9.90 Å². The molecule has 0 amide bonds. The summed E-state index contributed by atoms with van der Waals surface area (Å²) in [6, 6.07) is 9.35. The lowest BCUT2D eigenvalue weighted by molar-refractivity contribution is 0.0698. The highest BCUT2D eigenvalue weighted by Crippen LogP contribution is 2.21. The van der Waals surface area contributed by atoms with Crippen LogP contribution in [0.25, 0.3) is 11.0 Å². The number of carboxylic acids is 1. The minimum Gasteiger partial charge on any atom is -0.478 e. The van der Waals surface area contributed by atoms with Crippen LogP contribution in [0.15, 0.2) is 35.7 Å². The molecule has 3 aromatic rings. The summed E-state index contributed by atoms with van der Waals surface area (Å²) in [5.41, 5.74) is 1.77. The van der Waals surface area contributed by atoms with Crippen LogP contribution in [0, 0.1) is 6.92 Å². The highest BCUT2D eigenvalue weighted by Gasteiger charge is 2.15. The molecule has 0 saturated carbocycles. The summed E-state index contributed by atoms with van der Waals surface area (Å²) in [7, 11) is 0. The second-order valence-corrected chi connectivity index (χ2v) is 5.65. The van der Waals surface area contributed by atoms with Gasteiger partial charge in [0.25, 0.3) is 0 Å². The third kappa shape index (κ3) is 2.20. The van der Waals surface area contributed by atoms with E-state index in [0.29, 0.717) is 11.1 Å². The van der Waals surface area contributed by atoms with E-state index in [1.54, 1.807) is 23.5 Å². The Kier molecular flexibility index (Phi) is 3.28. The number of carboxylic acid groups (broad SMARTS) is 1. The number of aromatic nitrogens is 2. The van der Waals surface area contributed by atoms with Crippen LogP contribution >= 0.6 is 11.3 Å². The molecule has 2 heterocycles. The fourth-order valence-corrected chi connectivity index (χ4v) is 3.12. The number of nitrogens with zero attached hydrogens (tertiary/aromatic N) is 2. The Morgan fingerprint density at radius 2 is 2.20 bits per heavy atom. The summed E-state index contributed by atoms with van der Waals surface area (Å²) in [5, 5.41) is 11.4. The maximum Gasteiger partial charge on any atom is 0.337 e. The van der Waals surface area contributed by atoms with E-state index in [0.717, 1.165) is 24.3 Å². The first-order valence-electron chi connectivity index (χ1n) is 6.38. The summed E-state index contributed by atoms with van der Waals surface area (Å²) in [5.74, 6) is -0.0573. The van der Waals surface area contributed by atoms with Crippen molar-refractivity contribution in [3.8, 4) is 0 Å². The van der Waals surface area contributed by atoms with Gasteiger partial charge in [-0.2, -0.15) is 0 Å². The van der Waals surface area contributed by atoms with E-state index in [1.165, 1.54) is 4.88 Å². The molecule has 1 N–H and O–H groups in total. The molecule has 0 radical (unpaired) electrons. The van der Waals surface area contributed by atoms with E-state index in [-0.39, 0.29) is 0 Å². The van der Waals surface area contributed by atoms with Crippen molar-refractivity contribution >= 4 is 28.3 Å². The zero-order valence-electron chi connectivity index (χ0n) is 11.0. The average molecular weight is 286 g/mol. The van der Waals surface area contributed by atoms with Crippen molar-refractivity contribution in [2.24, 2.45) is 0 Å². The van der Waals surface area contributed by atoms with Gasteiger partial charge in [0, 0.05) is 11.4 Å². The molecule has 0 fully saturated rings. The van der Waals surface area contributed by atoms with Crippen LogP contribution in [-0.2, 0) is 13.0 Å². The first-order valence-corrected chi connectivity index (χ1v) is 7.26. The number of aromatic carboxylic acids is 1. The van der Waals surface area contributed by atoms with Crippen LogP contribution in [-0.4, -0.2) is 20.6 Å². The van der Waals surface area contributed by atoms with Crippen molar-refractivity contribution in [2.75, 3.05) is 0 Å². The van der Waals surface area contributed by atoms with Crippen molar-refractivity contribution in [2.45, 2.75) is 19.9 Å². The molecule has 0 unspecified atom stereocenters. The highest BCUT2D eigenvalue weighted by molar-refractivity contribution is 7.09. The topological polar surface area (TPSA) is 55.1 Å². The maximum absolute atomic E-state index is 11.4. The predicted molar refractivity (Wildman–Crippen MR) is 79.5 cm³/mol. The second-order valence-electron chi connectivity index (χ2n) is 4.62. The molecular formula is C15H14N2O2S. The molecule has 0 aliphatic carbocycles. The molecule has 3 rings (SSSR count). The molecular weight excluding hydrogens is 272 g/mol. The molecule has 0 atom stereocenters. The van der Waals surface area contributed by atoms with Crippen molar-refractivity contribution in [1.29, 1.82) is 0 Å². The second kappa shape index (κ2) is 5.09. The lowest BCUT2D eigenvalue weighted by atomic mass is 10.2. The van der Waals surface area contributed by atoms with E-state index in [4.69, 9.17) is 0 Å². The molecule has 2 aromatic heterocycles. The van der Waals surface area contributed by atoms with Gasteiger partial charge >= 0.3 is 5.97 Å². The Labute approximate surface area is 120 Å². The number of imidazole rings is 1. The summed E-state index contributed by atoms with van der Waals surface area (Å²) in [4.78, 5) is 17.1. The number of benzene rings is 1. The summed E-state index contributed by atoms with van der Waals surface area (Å²) < 4.78 is 2.00. The van der Waals surface area contributed by atoms with Gasteiger partial charge < -0.3 is 9.67 Å². The quantitative estimate of drug-likeness (QED) is 0.800. The number of thiophene rings is 1. The van der Waals surface area contributed by atoms with Crippen LogP contribution in [0.2, 0.25) is 0 Å². The van der Waals surface area contributed by atoms with E-state index in [2.05, 4.69) is 16.4 Å². The largest absolute Gasteiger partial charge is 0.478 e. The first-order chi connectivity index (χ1) is 9.66. The Morgan fingerprint density at radius 3 is 2.90 bits per heavy atom. The third-order valence-corrected chi connectivity index (χ3v) is 4.29. The monoisotopic (exact) mass is 286 g/mol. The number of fused-ring (bicyclic) bond motifs is 1. The molecule has 5 heteroatoms. The van der Waals surface area contributed by atoms with Gasteiger partial charge in [-0.15, -0.1) is 11.3 Å². The summed E-state index contributed by atoms with van der Waals surface area (Å²) in [6.07, 6.45) is 0.887. The highest BCUT2D eigenvalue weighted by atomic mass is 32.1. The zero-order chi connectivity index (χ0) is 14.1. The molecule has 0 aliphatic rings. The number of carbonyl (C=O) groups is 1. The van der Waals surface area contributed by atoms with Crippen LogP contribution < -0.4 is 0 Å². The normalized spacial score (nSPS) is 11.1. The Morgan fingerprint density at radius 1 is 1.35 bits per heavy atom. The van der Waals surface area contributed by atoms with Crippen LogP contribution in [0.5, 0.6) is 0 Å². The van der Waals surface area contributed by atoms with Gasteiger partial charge in [0.1, 0.15) is 5.82 Å². The van der Waals surface area contributed by atoms with Gasteiger partial charge in [-0.3, -0.25) is 0 Å². The van der Waals surface area contributed by atoms with Gasteiger partial charge in [0.05, 0.1) is 16.6 Å². The smallest absolute Gasteiger partial charge is 0.337 e. The van der Waals surface area contributed by atoms with E-state index < -0.39 is 5.97 Å². The molecule has 0 saturated heterocycles. The Hall–Kier alpha value is -2.14. The number of rotatable bonds is 4. The number of aryl methyl sites for hydroxylation is 3. The number of hydrogen-bond donors (Lipinski definition) is 1. The first kappa shape index (κ1) is 12.9. The maximum atomic E-state index is 11.4. The van der Waals surface area contributed by atoms with Crippen molar-refractivity contribution in [3.05, 3.63) is 52.0 Å². The SMILES string of the molecule is Cc1nc2cccc(C(=O)O)c2n1CCc1cccs1. The van der Waals surface area contributed by atoms with Crippen LogP contribution in [0.1, 0.15) is 21.1 Å². The minimum atomic E-state index is -0.909. The van der Waals surface area contributed by atoms with Gasteiger partial charge in [0.15, 0.2) is 0 Å². The standard InChI is InChI=1S/C15H14N2O2S/c1-10-16-13-6-2-5-12(15(18)19)14(13)17(10)8-7-11-4-3-9-20-11/h2-6,9H,7-8H2,1H3,(H,18,19). The van der Waals surface area contributed by atoms with Gasteiger partial charge in [-0.1, -0.05) is 12.1 Å². The van der Waals surface area contributed by atoms with Crippen LogP contribution in [0.4, 0.5) is 0 Å². The van der Waals surface area contributed by atoms with Crippen molar-refractivity contribution in [3.63, 3.8) is 0 Å². The van der Waals surface area contributed by atoms with Gasteiger partial charge in [-0.05, 0) is 36.9 Å². The van der Waals surface area contributed by atoms with Crippen molar-refractivity contribution < 1.29 is 9.90 Å². The molecule has 0 aliphatic heterocycles. The molecule has 4 nitrogen and oxygen atoms in total. The molecule has 1 aromatic carbocycles. The molecule has 0 spiro atoms. The number of para-hydroxylation sites is 1. The zero-order valence-corrected chi connectivity index (χ0v) is 11.9. The Bertz CT molecular complexity index is 760. The minimum absolute atomic E-state index is 0.314. The molecule has 102 valence electrons. The lowest BCUT2D eigenvalue weighted by Crippen LogP contribution is -2.06. The summed E-state index contributed by atoms with van der Waals surface area (Å²) >= 11 is 1.72. The fourth-order valence-electron chi connectivity index (χ4n) is 2.42. The predicted octanol–water partition coefficient (Wildman–Crippen LogP) is 3.35. The van der Waals surface area contributed by atoms with Gasteiger partial charge in [-0.25, -0.2) is 9.78 Å². The van der Waals surface area contributed by atoms with Crippen LogP contribution in [0.3, 0.4) is 0 Å². The third-order valence-electron chi connectivity index (χ3n) is 3.35. The number of hydrogen-bond acceptors (Lipinski definition) is 3. The average Bonchev–Trinajstić information content (AvgIpc) is 3.02. The van der Waals surface area contributed by atoms with E-state index >= 15 is 0 Å². The van der Waals surface area contributed by atoms with Crippen molar-refractivity contribution in [1.82, 2.24) is 9.55 Å². The van der Waals surface area contributed by atoms with E-state index in [1.807, 2.05) is 23.6 Å². The van der Waals surface area contributed by atoms with Gasteiger partial charge in [0.2, 0.25) is 0 Å². The molecule has 20 heavy (non-hydrogen) atoms. The summed E-state index contributed by atoms with van der Waals surface area (Å²) in [6.45, 7) is 2.66. The lowest BCUT2D eigenvalue weighted by Gasteiger charge is -2.07.